The molecule has 0 aliphatic heterocycles. The first-order chi connectivity index (χ1) is 15.0. The van der Waals surface area contributed by atoms with Crippen LogP contribution in [-0.2, 0) is 10.0 Å². The maximum atomic E-state index is 13.2. The lowest BCUT2D eigenvalue weighted by molar-refractivity contribution is 0.213. The number of sulfonamides is 1. The highest BCUT2D eigenvalue weighted by atomic mass is 32.2. The molecule has 0 aliphatic carbocycles. The molecule has 0 radical (unpaired) electrons. The highest BCUT2D eigenvalue weighted by Crippen LogP contribution is 2.26. The van der Waals surface area contributed by atoms with Crippen LogP contribution >= 0.6 is 0 Å². The molecule has 31 heavy (non-hydrogen) atoms. The number of nitrogens with one attached hydrogen (secondary N) is 1. The first-order valence-electron chi connectivity index (χ1n) is 9.37. The molecule has 0 aliphatic rings. The standard InChI is InChI=1S/C22H18FN3O4S/c23-16-10-12-18(13-11-16)31(27,28)26-21-22(25-20-9-5-4-8-19(20)24-21)30-15-14-29-17-6-2-1-3-7-17/h1-13H,14-15H2,(H,24,26). The van der Waals surface area contributed by atoms with Gasteiger partial charge in [0.1, 0.15) is 24.8 Å². The molecule has 1 aromatic heterocycles. The second-order valence-electron chi connectivity index (χ2n) is 6.44. The van der Waals surface area contributed by atoms with Crippen LogP contribution in [0.15, 0.2) is 83.8 Å². The molecule has 0 saturated heterocycles. The molecule has 0 bridgehead atoms. The summed E-state index contributed by atoms with van der Waals surface area (Å²) in [4.78, 5) is 8.62. The molecule has 158 valence electrons. The Labute approximate surface area is 178 Å². The van der Waals surface area contributed by atoms with E-state index < -0.39 is 15.8 Å². The quantitative estimate of drug-likeness (QED) is 0.417. The number of para-hydroxylation sites is 3. The van der Waals surface area contributed by atoms with Crippen molar-refractivity contribution in [3.63, 3.8) is 0 Å². The van der Waals surface area contributed by atoms with Crippen LogP contribution < -0.4 is 14.2 Å². The van der Waals surface area contributed by atoms with Gasteiger partial charge in [0.25, 0.3) is 15.9 Å². The van der Waals surface area contributed by atoms with Crippen molar-refractivity contribution in [3.8, 4) is 11.6 Å². The highest BCUT2D eigenvalue weighted by Gasteiger charge is 2.20. The summed E-state index contributed by atoms with van der Waals surface area (Å²) in [7, 11) is -4.03. The van der Waals surface area contributed by atoms with Crippen LogP contribution in [0.2, 0.25) is 0 Å². The van der Waals surface area contributed by atoms with E-state index in [1.807, 2.05) is 30.3 Å². The second-order valence-corrected chi connectivity index (χ2v) is 8.12. The number of ether oxygens (including phenoxy) is 2. The summed E-state index contributed by atoms with van der Waals surface area (Å²) in [6.45, 7) is 0.343. The third-order valence-corrected chi connectivity index (χ3v) is 5.58. The molecular formula is C22H18FN3O4S. The van der Waals surface area contributed by atoms with Crippen LogP contribution in [0.5, 0.6) is 11.6 Å². The summed E-state index contributed by atoms with van der Waals surface area (Å²) < 4.78 is 52.3. The van der Waals surface area contributed by atoms with Crippen LogP contribution in [-0.4, -0.2) is 31.6 Å². The number of nitrogens with zero attached hydrogens (tertiary/aromatic N) is 2. The van der Waals surface area contributed by atoms with Gasteiger partial charge in [0.2, 0.25) is 5.82 Å². The van der Waals surface area contributed by atoms with E-state index in [-0.39, 0.29) is 29.8 Å². The molecule has 9 heteroatoms. The maximum Gasteiger partial charge on any atom is 0.263 e. The minimum absolute atomic E-state index is 0.0149. The van der Waals surface area contributed by atoms with Gasteiger partial charge in [0, 0.05) is 0 Å². The molecule has 1 heterocycles. The van der Waals surface area contributed by atoms with E-state index in [1.165, 1.54) is 12.1 Å². The average Bonchev–Trinajstić information content (AvgIpc) is 2.77. The molecule has 0 fully saturated rings. The van der Waals surface area contributed by atoms with Gasteiger partial charge in [-0.3, -0.25) is 4.72 Å². The van der Waals surface area contributed by atoms with Gasteiger partial charge in [-0.05, 0) is 48.5 Å². The number of halogens is 1. The van der Waals surface area contributed by atoms with E-state index in [4.69, 9.17) is 9.47 Å². The van der Waals surface area contributed by atoms with Crippen LogP contribution in [0.3, 0.4) is 0 Å². The number of benzene rings is 3. The Morgan fingerprint density at radius 1 is 0.774 bits per heavy atom. The molecule has 1 N–H and O–H groups in total. The average molecular weight is 439 g/mol. The van der Waals surface area contributed by atoms with Crippen LogP contribution in [0, 0.1) is 5.82 Å². The third kappa shape index (κ3) is 5.07. The zero-order valence-electron chi connectivity index (χ0n) is 16.2. The molecule has 0 amide bonds. The van der Waals surface area contributed by atoms with E-state index in [1.54, 1.807) is 24.3 Å². The predicted molar refractivity (Wildman–Crippen MR) is 114 cm³/mol. The lowest BCUT2D eigenvalue weighted by Crippen LogP contribution is -2.17. The number of hydrogen-bond acceptors (Lipinski definition) is 6. The molecule has 4 rings (SSSR count). The smallest absolute Gasteiger partial charge is 0.263 e. The van der Waals surface area contributed by atoms with Crippen LogP contribution in [0.1, 0.15) is 0 Å². The van der Waals surface area contributed by atoms with Gasteiger partial charge in [-0.1, -0.05) is 30.3 Å². The fraction of sp³-hybridized carbons (Fsp3) is 0.0909. The molecule has 3 aromatic carbocycles. The summed E-state index contributed by atoms with van der Waals surface area (Å²) in [5.41, 5.74) is 1.04. The Kier molecular flexibility index (Phi) is 5.94. The Morgan fingerprint density at radius 3 is 2.10 bits per heavy atom. The fourth-order valence-electron chi connectivity index (χ4n) is 2.77. The first-order valence-corrected chi connectivity index (χ1v) is 10.9. The molecule has 4 aromatic rings. The minimum Gasteiger partial charge on any atom is -0.490 e. The van der Waals surface area contributed by atoms with E-state index in [2.05, 4.69) is 14.7 Å². The van der Waals surface area contributed by atoms with E-state index in [0.29, 0.717) is 16.8 Å². The van der Waals surface area contributed by atoms with Crippen molar-refractivity contribution in [1.82, 2.24) is 9.97 Å². The number of rotatable bonds is 8. The first kappa shape index (κ1) is 20.5. The van der Waals surface area contributed by atoms with Crippen LogP contribution in [0.25, 0.3) is 11.0 Å². The normalized spacial score (nSPS) is 11.3. The Bertz CT molecular complexity index is 1280. The van der Waals surface area contributed by atoms with Crippen molar-refractivity contribution in [2.75, 3.05) is 17.9 Å². The highest BCUT2D eigenvalue weighted by molar-refractivity contribution is 7.92. The number of aromatic nitrogens is 2. The maximum absolute atomic E-state index is 13.2. The Balaban J connectivity index is 1.56. The summed E-state index contributed by atoms with van der Waals surface area (Å²) >= 11 is 0. The van der Waals surface area contributed by atoms with Crippen molar-refractivity contribution in [3.05, 3.63) is 84.7 Å². The van der Waals surface area contributed by atoms with E-state index in [0.717, 1.165) is 12.1 Å². The minimum atomic E-state index is -4.03. The zero-order chi connectivity index (χ0) is 21.7. The number of anilines is 1. The summed E-state index contributed by atoms with van der Waals surface area (Å²) in [5, 5.41) is 0. The fourth-order valence-corrected chi connectivity index (χ4v) is 3.77. The van der Waals surface area contributed by atoms with Crippen molar-refractivity contribution >= 4 is 26.9 Å². The Morgan fingerprint density at radius 2 is 1.39 bits per heavy atom. The summed E-state index contributed by atoms with van der Waals surface area (Å²) in [6, 6.07) is 20.7. The number of hydrogen-bond donors (Lipinski definition) is 1. The van der Waals surface area contributed by atoms with E-state index >= 15 is 0 Å². The van der Waals surface area contributed by atoms with Gasteiger partial charge >= 0.3 is 0 Å². The van der Waals surface area contributed by atoms with Gasteiger partial charge in [0.05, 0.1) is 15.9 Å². The lowest BCUT2D eigenvalue weighted by Gasteiger charge is -2.13. The lowest BCUT2D eigenvalue weighted by atomic mass is 10.3. The summed E-state index contributed by atoms with van der Waals surface area (Å²) in [6.07, 6.45) is 0. The molecule has 0 saturated carbocycles. The van der Waals surface area contributed by atoms with Crippen LogP contribution in [0.4, 0.5) is 10.2 Å². The zero-order valence-corrected chi connectivity index (χ0v) is 17.0. The van der Waals surface area contributed by atoms with Crippen molar-refractivity contribution in [2.45, 2.75) is 4.90 Å². The SMILES string of the molecule is O=S(=O)(Nc1nc2ccccc2nc1OCCOc1ccccc1)c1ccc(F)cc1. The van der Waals surface area contributed by atoms with Gasteiger partial charge in [-0.25, -0.2) is 22.8 Å². The summed E-state index contributed by atoms with van der Waals surface area (Å²) in [5.74, 6) is 0.101. The van der Waals surface area contributed by atoms with Crippen molar-refractivity contribution in [1.29, 1.82) is 0 Å². The van der Waals surface area contributed by atoms with E-state index in [9.17, 15) is 12.8 Å². The molecule has 7 nitrogen and oxygen atoms in total. The molecule has 0 atom stereocenters. The monoisotopic (exact) mass is 439 g/mol. The van der Waals surface area contributed by atoms with Crippen molar-refractivity contribution in [2.24, 2.45) is 0 Å². The van der Waals surface area contributed by atoms with Gasteiger partial charge in [0.15, 0.2) is 0 Å². The van der Waals surface area contributed by atoms with Gasteiger partial charge < -0.3 is 9.47 Å². The largest absolute Gasteiger partial charge is 0.490 e. The van der Waals surface area contributed by atoms with Crippen molar-refractivity contribution < 1.29 is 22.3 Å². The molecule has 0 unspecified atom stereocenters. The topological polar surface area (TPSA) is 90.4 Å². The van der Waals surface area contributed by atoms with Gasteiger partial charge in [-0.2, -0.15) is 0 Å². The second kappa shape index (κ2) is 8.97. The van der Waals surface area contributed by atoms with Gasteiger partial charge in [-0.15, -0.1) is 0 Å². The number of fused-ring (bicyclic) bond motifs is 1. The Hall–Kier alpha value is -3.72. The predicted octanol–water partition coefficient (Wildman–Crippen LogP) is 4.03. The molecule has 0 spiro atoms. The third-order valence-electron chi connectivity index (χ3n) is 4.23. The molecular weight excluding hydrogens is 421 g/mol.